The monoisotopic (exact) mass is 549 g/mol. The molecule has 0 N–H and O–H groups in total. The number of piperidine rings is 1. The Bertz CT molecular complexity index is 1310. The molecule has 8 nitrogen and oxygen atoms in total. The van der Waals surface area contributed by atoms with Crippen LogP contribution in [0, 0.1) is 42.9 Å². The van der Waals surface area contributed by atoms with Gasteiger partial charge in [0, 0.05) is 39.3 Å². The van der Waals surface area contributed by atoms with Gasteiger partial charge in [-0.3, -0.25) is 4.79 Å². The standard InChI is InChI=1S/C30H39N5O3S/c1-21-15-27(16-31)32-22(2)29(21)30(36)34-19-25-17-33(18-26(25)20-34)12-11-28(23-7-5-4-6-8-23)24-9-13-35(14-10-24)39(3,37)38/h4-8,15,24-26,28H,9-14,17-20H2,1-3H3. The molecule has 3 aliphatic heterocycles. The van der Waals surface area contributed by atoms with Crippen LogP contribution in [-0.4, -0.2) is 85.5 Å². The lowest BCUT2D eigenvalue weighted by atomic mass is 9.78. The highest BCUT2D eigenvalue weighted by Gasteiger charge is 2.42. The van der Waals surface area contributed by atoms with Gasteiger partial charge in [-0.1, -0.05) is 30.3 Å². The van der Waals surface area contributed by atoms with Gasteiger partial charge in [0.15, 0.2) is 0 Å². The number of aryl methyl sites for hydroxylation is 2. The van der Waals surface area contributed by atoms with Crippen LogP contribution in [0.4, 0.5) is 0 Å². The third-order valence-corrected chi connectivity index (χ3v) is 10.4. The van der Waals surface area contributed by atoms with Gasteiger partial charge < -0.3 is 9.80 Å². The normalized spacial score (nSPS) is 23.5. The number of rotatable bonds is 7. The Balaban J connectivity index is 1.19. The zero-order valence-electron chi connectivity index (χ0n) is 23.2. The second-order valence-corrected chi connectivity index (χ2v) is 13.7. The van der Waals surface area contributed by atoms with Crippen molar-refractivity contribution in [3.63, 3.8) is 0 Å². The van der Waals surface area contributed by atoms with Crippen LogP contribution in [0.3, 0.4) is 0 Å². The third-order valence-electron chi connectivity index (χ3n) is 9.10. The van der Waals surface area contributed by atoms with Crippen LogP contribution in [0.15, 0.2) is 36.4 Å². The van der Waals surface area contributed by atoms with Crippen molar-refractivity contribution in [2.24, 2.45) is 17.8 Å². The number of amides is 1. The van der Waals surface area contributed by atoms with E-state index < -0.39 is 10.0 Å². The largest absolute Gasteiger partial charge is 0.338 e. The van der Waals surface area contributed by atoms with Crippen molar-refractivity contribution < 1.29 is 13.2 Å². The Hall–Kier alpha value is -2.80. The summed E-state index contributed by atoms with van der Waals surface area (Å²) in [6.07, 6.45) is 4.17. The number of hydrogen-bond acceptors (Lipinski definition) is 6. The van der Waals surface area contributed by atoms with Crippen LogP contribution in [0.5, 0.6) is 0 Å². The lowest BCUT2D eigenvalue weighted by molar-refractivity contribution is 0.0771. The van der Waals surface area contributed by atoms with E-state index in [0.717, 1.165) is 57.5 Å². The van der Waals surface area contributed by atoms with Crippen molar-refractivity contribution in [2.75, 3.05) is 52.1 Å². The van der Waals surface area contributed by atoms with E-state index in [1.807, 2.05) is 18.7 Å². The number of aromatic nitrogens is 1. The van der Waals surface area contributed by atoms with E-state index in [1.54, 1.807) is 10.4 Å². The molecule has 0 spiro atoms. The molecule has 0 saturated carbocycles. The van der Waals surface area contributed by atoms with Crippen molar-refractivity contribution in [3.8, 4) is 6.07 Å². The highest BCUT2D eigenvalue weighted by molar-refractivity contribution is 7.88. The summed E-state index contributed by atoms with van der Waals surface area (Å²) >= 11 is 0. The van der Waals surface area contributed by atoms with E-state index in [4.69, 9.17) is 0 Å². The molecule has 5 rings (SSSR count). The fourth-order valence-corrected chi connectivity index (χ4v) is 7.99. The fourth-order valence-electron chi connectivity index (χ4n) is 7.12. The zero-order chi connectivity index (χ0) is 27.7. The quantitative estimate of drug-likeness (QED) is 0.525. The summed E-state index contributed by atoms with van der Waals surface area (Å²) in [6.45, 7) is 9.48. The summed E-state index contributed by atoms with van der Waals surface area (Å²) in [5.74, 6) is 1.89. The third kappa shape index (κ3) is 6.03. The molecule has 3 saturated heterocycles. The molecule has 9 heteroatoms. The average Bonchev–Trinajstić information content (AvgIpc) is 3.48. The van der Waals surface area contributed by atoms with Crippen molar-refractivity contribution in [1.82, 2.24) is 19.1 Å². The molecule has 3 fully saturated rings. The van der Waals surface area contributed by atoms with E-state index >= 15 is 0 Å². The van der Waals surface area contributed by atoms with Crippen molar-refractivity contribution >= 4 is 15.9 Å². The van der Waals surface area contributed by atoms with Crippen LogP contribution in [0.2, 0.25) is 0 Å². The molecule has 208 valence electrons. The number of fused-ring (bicyclic) bond motifs is 1. The van der Waals surface area contributed by atoms with E-state index in [0.29, 0.717) is 53.7 Å². The van der Waals surface area contributed by atoms with Gasteiger partial charge >= 0.3 is 0 Å². The number of sulfonamides is 1. The van der Waals surface area contributed by atoms with Crippen LogP contribution in [0.1, 0.15) is 58.1 Å². The summed E-state index contributed by atoms with van der Waals surface area (Å²) in [4.78, 5) is 22.2. The topological polar surface area (TPSA) is 97.6 Å². The minimum Gasteiger partial charge on any atom is -0.338 e. The van der Waals surface area contributed by atoms with Crippen molar-refractivity contribution in [1.29, 1.82) is 5.26 Å². The number of pyridine rings is 1. The Morgan fingerprint density at radius 3 is 2.28 bits per heavy atom. The maximum Gasteiger partial charge on any atom is 0.255 e. The summed E-state index contributed by atoms with van der Waals surface area (Å²) in [7, 11) is -3.13. The highest BCUT2D eigenvalue weighted by Crippen LogP contribution is 2.38. The molecule has 1 aromatic heterocycles. The maximum atomic E-state index is 13.4. The molecule has 0 aliphatic carbocycles. The molecule has 3 aliphatic rings. The molecular weight excluding hydrogens is 510 g/mol. The molecule has 4 heterocycles. The van der Waals surface area contributed by atoms with Crippen molar-refractivity contribution in [3.05, 3.63) is 64.5 Å². The molecular formula is C30H39N5O3S. The first kappa shape index (κ1) is 27.8. The summed E-state index contributed by atoms with van der Waals surface area (Å²) in [5.41, 5.74) is 3.79. The molecule has 1 aromatic carbocycles. The minimum atomic E-state index is -3.13. The molecule has 3 unspecified atom stereocenters. The van der Waals surface area contributed by atoms with E-state index in [2.05, 4.69) is 46.3 Å². The van der Waals surface area contributed by atoms with Gasteiger partial charge in [-0.15, -0.1) is 0 Å². The van der Waals surface area contributed by atoms with Gasteiger partial charge in [0.25, 0.3) is 5.91 Å². The lowest BCUT2D eigenvalue weighted by Gasteiger charge is -2.36. The van der Waals surface area contributed by atoms with Gasteiger partial charge in [-0.25, -0.2) is 17.7 Å². The smallest absolute Gasteiger partial charge is 0.255 e. The number of nitriles is 1. The zero-order valence-corrected chi connectivity index (χ0v) is 24.0. The molecule has 3 atom stereocenters. The predicted molar refractivity (Wildman–Crippen MR) is 151 cm³/mol. The number of carbonyl (C=O) groups is 1. The first-order valence-corrected chi connectivity index (χ1v) is 15.9. The minimum absolute atomic E-state index is 0.0347. The maximum absolute atomic E-state index is 13.4. The van der Waals surface area contributed by atoms with Gasteiger partial charge in [0.05, 0.1) is 17.5 Å². The van der Waals surface area contributed by atoms with Crippen LogP contribution < -0.4 is 0 Å². The van der Waals surface area contributed by atoms with E-state index in [9.17, 15) is 18.5 Å². The molecule has 1 amide bonds. The van der Waals surface area contributed by atoms with Gasteiger partial charge in [0.1, 0.15) is 11.8 Å². The Labute approximate surface area is 232 Å². The molecule has 0 bridgehead atoms. The Morgan fingerprint density at radius 1 is 1.08 bits per heavy atom. The number of nitrogens with zero attached hydrogens (tertiary/aromatic N) is 5. The van der Waals surface area contributed by atoms with Crippen LogP contribution in [0.25, 0.3) is 0 Å². The lowest BCUT2D eigenvalue weighted by Crippen LogP contribution is -2.39. The number of carbonyl (C=O) groups excluding carboxylic acids is 1. The second kappa shape index (κ2) is 11.4. The van der Waals surface area contributed by atoms with Crippen LogP contribution in [-0.2, 0) is 10.0 Å². The molecule has 0 radical (unpaired) electrons. The van der Waals surface area contributed by atoms with Crippen molar-refractivity contribution in [2.45, 2.75) is 39.0 Å². The number of benzene rings is 1. The first-order valence-electron chi connectivity index (χ1n) is 14.0. The SMILES string of the molecule is Cc1cc(C#N)nc(C)c1C(=O)N1CC2CN(CCC(c3ccccc3)C3CCN(S(C)(=O)=O)CC3)CC2C1. The fraction of sp³-hybridized carbons (Fsp3) is 0.567. The second-order valence-electron chi connectivity index (χ2n) is 11.7. The van der Waals surface area contributed by atoms with Gasteiger partial charge in [0.2, 0.25) is 10.0 Å². The highest BCUT2D eigenvalue weighted by atomic mass is 32.2. The first-order chi connectivity index (χ1) is 18.6. The summed E-state index contributed by atoms with van der Waals surface area (Å²) in [5, 5.41) is 9.18. The number of likely N-dealkylation sites (tertiary alicyclic amines) is 2. The molecule has 2 aromatic rings. The van der Waals surface area contributed by atoms with Gasteiger partial charge in [-0.2, -0.15) is 5.26 Å². The Kier molecular flexibility index (Phi) is 8.08. The van der Waals surface area contributed by atoms with E-state index in [-0.39, 0.29) is 5.91 Å². The van der Waals surface area contributed by atoms with Gasteiger partial charge in [-0.05, 0) is 80.5 Å². The average molecular weight is 550 g/mol. The number of hydrogen-bond donors (Lipinski definition) is 0. The van der Waals surface area contributed by atoms with E-state index in [1.165, 1.54) is 11.8 Å². The Morgan fingerprint density at radius 2 is 1.72 bits per heavy atom. The van der Waals surface area contributed by atoms with Crippen LogP contribution >= 0.6 is 0 Å². The summed E-state index contributed by atoms with van der Waals surface area (Å²) in [6, 6.07) is 14.5. The molecule has 39 heavy (non-hydrogen) atoms. The summed E-state index contributed by atoms with van der Waals surface area (Å²) < 4.78 is 25.6. The predicted octanol–water partition coefficient (Wildman–Crippen LogP) is 3.42.